The molecule has 1 aromatic heterocycles. The summed E-state index contributed by atoms with van der Waals surface area (Å²) in [4.78, 5) is 0. The predicted octanol–water partition coefficient (Wildman–Crippen LogP) is -1.69. The molecule has 0 aliphatic heterocycles. The van der Waals surface area contributed by atoms with E-state index in [0.717, 1.165) is 6.07 Å². The molecule has 0 radical (unpaired) electrons. The number of nitrogens with two attached hydrogens (primary N) is 1. The lowest BCUT2D eigenvalue weighted by molar-refractivity contribution is 0.0956. The van der Waals surface area contributed by atoms with E-state index < -0.39 is 5.62 Å². The van der Waals surface area contributed by atoms with Crippen LogP contribution in [0.1, 0.15) is 0 Å². The van der Waals surface area contributed by atoms with Crippen LogP contribution < -0.4 is 16.8 Å². The average Bonchev–Trinajstić information content (AvgIpc) is 1.97. The van der Waals surface area contributed by atoms with Crippen molar-refractivity contribution in [2.45, 2.75) is 0 Å². The van der Waals surface area contributed by atoms with Crippen LogP contribution in [0.5, 0.6) is 0 Å². The molecule has 1 aromatic rings. The Kier molecular flexibility index (Phi) is 1.34. The Morgan fingerprint density at radius 3 is 2.36 bits per heavy atom. The Balaban J connectivity index is 3.74. The molecule has 0 bridgehead atoms. The van der Waals surface area contributed by atoms with E-state index >= 15 is 0 Å². The summed E-state index contributed by atoms with van der Waals surface area (Å²) in [6.45, 7) is 0. The lowest BCUT2D eigenvalue weighted by Gasteiger charge is -2.03. The summed E-state index contributed by atoms with van der Waals surface area (Å²) in [6, 6.07) is 1.01. The fourth-order valence-corrected chi connectivity index (χ4v) is 0.588. The zero-order valence-corrected chi connectivity index (χ0v) is 5.44. The first-order valence-corrected chi connectivity index (χ1v) is 2.66. The average molecular weight is 157 g/mol. The van der Waals surface area contributed by atoms with E-state index in [0.29, 0.717) is 0 Å². The van der Waals surface area contributed by atoms with Crippen molar-refractivity contribution in [3.8, 4) is 0 Å². The Morgan fingerprint density at radius 1 is 1.27 bits per heavy atom. The van der Waals surface area contributed by atoms with Gasteiger partial charge in [0.2, 0.25) is 0 Å². The maximum absolute atomic E-state index is 8.85. The third-order valence-electron chi connectivity index (χ3n) is 1.16. The molecule has 1 rings (SSSR count). The largest absolute Gasteiger partial charge is 0.423 e. The molecule has 7 nitrogen and oxygen atoms in total. The number of hydrogen-bond donors (Lipinski definition) is 5. The van der Waals surface area contributed by atoms with Crippen LogP contribution in [0.3, 0.4) is 0 Å². The topological polar surface area (TPSA) is 124 Å². The zero-order chi connectivity index (χ0) is 8.59. The van der Waals surface area contributed by atoms with Gasteiger partial charge in [0.1, 0.15) is 5.82 Å². The summed E-state index contributed by atoms with van der Waals surface area (Å²) < 4.78 is 0.453. The summed E-state index contributed by atoms with van der Waals surface area (Å²) >= 11 is 0. The van der Waals surface area contributed by atoms with Crippen molar-refractivity contribution in [3.63, 3.8) is 0 Å². The lowest BCUT2D eigenvalue weighted by Crippen LogP contribution is -2.38. The van der Waals surface area contributed by atoms with Crippen molar-refractivity contribution < 1.29 is 10.4 Å². The van der Waals surface area contributed by atoms with Gasteiger partial charge < -0.3 is 16.1 Å². The van der Waals surface area contributed by atoms with E-state index in [2.05, 4.69) is 0 Å². The Hall–Kier alpha value is -1.92. The number of rotatable bonds is 0. The predicted molar refractivity (Wildman–Crippen MR) is 32.9 cm³/mol. The van der Waals surface area contributed by atoms with Gasteiger partial charge in [-0.15, -0.1) is 9.46 Å². The highest BCUT2D eigenvalue weighted by atomic mass is 16.5. The maximum atomic E-state index is 8.85. The van der Waals surface area contributed by atoms with Gasteiger partial charge in [0.15, 0.2) is 5.49 Å². The molecule has 0 saturated carbocycles. The maximum Gasteiger partial charge on any atom is 0.273 e. The van der Waals surface area contributed by atoms with E-state index in [1.165, 1.54) is 0 Å². The Labute approximate surface area is 60.5 Å². The number of aromatic nitrogens is 2. The van der Waals surface area contributed by atoms with Crippen LogP contribution in [0.15, 0.2) is 6.07 Å². The fourth-order valence-electron chi connectivity index (χ4n) is 0.588. The van der Waals surface area contributed by atoms with Crippen LogP contribution in [0.4, 0.5) is 5.82 Å². The molecule has 0 saturated heterocycles. The number of anilines is 1. The van der Waals surface area contributed by atoms with Crippen molar-refractivity contribution in [3.05, 3.63) is 17.2 Å². The van der Waals surface area contributed by atoms with Crippen LogP contribution in [0.25, 0.3) is 0 Å². The zero-order valence-electron chi connectivity index (χ0n) is 5.44. The first-order chi connectivity index (χ1) is 5.04. The quantitative estimate of drug-likeness (QED) is 0.288. The van der Waals surface area contributed by atoms with Gasteiger partial charge in [-0.3, -0.25) is 10.8 Å². The van der Waals surface area contributed by atoms with Crippen LogP contribution in [-0.2, 0) is 0 Å². The third-order valence-corrected chi connectivity index (χ3v) is 1.16. The Bertz CT molecular complexity index is 388. The van der Waals surface area contributed by atoms with Crippen LogP contribution in [-0.4, -0.2) is 19.9 Å². The summed E-state index contributed by atoms with van der Waals surface area (Å²) in [5.41, 5.74) is 4.10. The first kappa shape index (κ1) is 7.19. The molecular weight excluding hydrogens is 150 g/mol. The molecule has 6 N–H and O–H groups in total. The molecule has 0 spiro atoms. The number of nitrogens with zero attached hydrogens (tertiary/aromatic N) is 2. The van der Waals surface area contributed by atoms with Crippen molar-refractivity contribution in [1.82, 2.24) is 9.46 Å². The minimum atomic E-state index is -0.671. The summed E-state index contributed by atoms with van der Waals surface area (Å²) in [5.74, 6) is -0.176. The summed E-state index contributed by atoms with van der Waals surface area (Å²) in [5, 5.41) is 31.6. The van der Waals surface area contributed by atoms with Crippen LogP contribution >= 0.6 is 0 Å². The standard InChI is InChI=1S/C4H7N5O2/c5-2-1-3(6)9(11)4(7)8(2)10/h1,5,7,10-11H,6H2. The molecular formula is C4H7N5O2. The molecule has 0 amide bonds. The van der Waals surface area contributed by atoms with Gasteiger partial charge in [0.05, 0.1) is 0 Å². The first-order valence-electron chi connectivity index (χ1n) is 2.66. The third kappa shape index (κ3) is 0.914. The lowest BCUT2D eigenvalue weighted by atomic mass is 10.6. The molecule has 0 fully saturated rings. The minimum absolute atomic E-state index is 0.176. The van der Waals surface area contributed by atoms with Gasteiger partial charge in [0.25, 0.3) is 5.62 Å². The molecule has 11 heavy (non-hydrogen) atoms. The van der Waals surface area contributed by atoms with Crippen molar-refractivity contribution in [1.29, 1.82) is 10.8 Å². The fraction of sp³-hybridized carbons (Fsp3) is 0. The van der Waals surface area contributed by atoms with E-state index in [9.17, 15) is 0 Å². The minimum Gasteiger partial charge on any atom is -0.423 e. The second kappa shape index (κ2) is 2.04. The van der Waals surface area contributed by atoms with E-state index in [4.69, 9.17) is 27.0 Å². The van der Waals surface area contributed by atoms with E-state index in [1.54, 1.807) is 0 Å². The van der Waals surface area contributed by atoms with Gasteiger partial charge in [-0.2, -0.15) is 0 Å². The number of nitrogen functional groups attached to an aromatic ring is 1. The molecule has 1 heterocycles. The molecule has 0 aromatic carbocycles. The highest BCUT2D eigenvalue weighted by molar-refractivity contribution is 5.23. The summed E-state index contributed by atoms with van der Waals surface area (Å²) in [7, 11) is 0. The monoisotopic (exact) mass is 157 g/mol. The van der Waals surface area contributed by atoms with Crippen LogP contribution in [0, 0.1) is 10.8 Å². The van der Waals surface area contributed by atoms with Gasteiger partial charge in [-0.05, 0) is 0 Å². The number of hydrogen-bond acceptors (Lipinski definition) is 5. The van der Waals surface area contributed by atoms with Gasteiger partial charge in [-0.25, -0.2) is 0 Å². The highest BCUT2D eigenvalue weighted by Gasteiger charge is 1.99. The van der Waals surface area contributed by atoms with Crippen molar-refractivity contribution in [2.75, 3.05) is 5.73 Å². The molecule has 60 valence electrons. The van der Waals surface area contributed by atoms with Gasteiger partial charge in [-0.1, -0.05) is 0 Å². The summed E-state index contributed by atoms with van der Waals surface area (Å²) in [6.07, 6.45) is 0. The number of nitrogens with one attached hydrogen (secondary N) is 2. The second-order valence-electron chi connectivity index (χ2n) is 1.90. The van der Waals surface area contributed by atoms with Gasteiger partial charge in [0, 0.05) is 6.07 Å². The SMILES string of the molecule is N=c1cc(N)n(O)c(=N)n1O. The second-order valence-corrected chi connectivity index (χ2v) is 1.90. The molecule has 7 heteroatoms. The van der Waals surface area contributed by atoms with Crippen molar-refractivity contribution in [2.24, 2.45) is 0 Å². The smallest absolute Gasteiger partial charge is 0.273 e. The highest BCUT2D eigenvalue weighted by Crippen LogP contribution is 1.85. The molecule has 0 aliphatic rings. The molecule has 0 unspecified atom stereocenters. The Morgan fingerprint density at radius 2 is 1.82 bits per heavy atom. The van der Waals surface area contributed by atoms with E-state index in [1.807, 2.05) is 0 Å². The normalized spacial score (nSPS) is 9.82. The van der Waals surface area contributed by atoms with Gasteiger partial charge >= 0.3 is 0 Å². The van der Waals surface area contributed by atoms with Crippen LogP contribution in [0.2, 0.25) is 0 Å². The molecule has 0 atom stereocenters. The van der Waals surface area contributed by atoms with E-state index in [-0.39, 0.29) is 20.8 Å². The molecule has 0 aliphatic carbocycles. The van der Waals surface area contributed by atoms with Crippen molar-refractivity contribution >= 4 is 5.82 Å².